The van der Waals surface area contributed by atoms with E-state index in [2.05, 4.69) is 10.1 Å². The van der Waals surface area contributed by atoms with Crippen molar-refractivity contribution < 1.29 is 0 Å². The topological polar surface area (TPSA) is 73.9 Å². The summed E-state index contributed by atoms with van der Waals surface area (Å²) in [5.74, 6) is -0.00725. The van der Waals surface area contributed by atoms with E-state index in [0.717, 1.165) is 11.1 Å². The SMILES string of the molecule is Cc1cc(Cl)cc(-c2[nH]c3c(C#N)cnn3c(=O)c2C(C)C)c1. The molecule has 0 radical (unpaired) electrons. The highest BCUT2D eigenvalue weighted by atomic mass is 35.5. The van der Waals surface area contributed by atoms with E-state index in [1.807, 2.05) is 45.0 Å². The van der Waals surface area contributed by atoms with E-state index in [4.69, 9.17) is 11.6 Å². The summed E-state index contributed by atoms with van der Waals surface area (Å²) in [6.45, 7) is 5.85. The lowest BCUT2D eigenvalue weighted by molar-refractivity contribution is 0.797. The highest BCUT2D eigenvalue weighted by Crippen LogP contribution is 2.29. The molecule has 2 aromatic heterocycles. The predicted molar refractivity (Wildman–Crippen MR) is 89.8 cm³/mol. The van der Waals surface area contributed by atoms with Gasteiger partial charge in [0.15, 0.2) is 5.65 Å². The lowest BCUT2D eigenvalue weighted by Crippen LogP contribution is -2.22. The molecule has 0 amide bonds. The highest BCUT2D eigenvalue weighted by Gasteiger charge is 2.19. The summed E-state index contributed by atoms with van der Waals surface area (Å²) in [6, 6.07) is 7.68. The predicted octanol–water partition coefficient (Wildman–Crippen LogP) is 3.65. The smallest absolute Gasteiger partial charge is 0.278 e. The quantitative estimate of drug-likeness (QED) is 0.781. The van der Waals surface area contributed by atoms with Crippen molar-refractivity contribution in [3.8, 4) is 17.3 Å². The number of aromatic amines is 1. The molecule has 0 aliphatic carbocycles. The molecule has 0 bridgehead atoms. The van der Waals surface area contributed by atoms with Gasteiger partial charge in [0.25, 0.3) is 5.56 Å². The molecule has 116 valence electrons. The van der Waals surface area contributed by atoms with Crippen LogP contribution >= 0.6 is 11.6 Å². The Kier molecular flexibility index (Phi) is 3.70. The van der Waals surface area contributed by atoms with Crippen molar-refractivity contribution in [2.24, 2.45) is 0 Å². The zero-order valence-electron chi connectivity index (χ0n) is 13.0. The third kappa shape index (κ3) is 2.51. The van der Waals surface area contributed by atoms with E-state index >= 15 is 0 Å². The molecule has 5 nitrogen and oxygen atoms in total. The Hall–Kier alpha value is -2.58. The van der Waals surface area contributed by atoms with Crippen LogP contribution in [0.3, 0.4) is 0 Å². The van der Waals surface area contributed by atoms with Crippen LogP contribution in [0.1, 0.15) is 36.5 Å². The van der Waals surface area contributed by atoms with Gasteiger partial charge in [-0.1, -0.05) is 25.4 Å². The van der Waals surface area contributed by atoms with E-state index in [1.165, 1.54) is 10.7 Å². The largest absolute Gasteiger partial charge is 0.338 e. The van der Waals surface area contributed by atoms with Gasteiger partial charge in [0.1, 0.15) is 11.6 Å². The molecule has 0 saturated carbocycles. The molecule has 1 N–H and O–H groups in total. The molecule has 0 fully saturated rings. The van der Waals surface area contributed by atoms with Crippen LogP contribution in [0.25, 0.3) is 16.9 Å². The number of nitriles is 1. The van der Waals surface area contributed by atoms with Crippen molar-refractivity contribution >= 4 is 17.2 Å². The molecule has 3 rings (SSSR count). The number of benzene rings is 1. The zero-order valence-corrected chi connectivity index (χ0v) is 13.8. The van der Waals surface area contributed by atoms with Gasteiger partial charge < -0.3 is 4.98 Å². The van der Waals surface area contributed by atoms with Gasteiger partial charge in [-0.05, 0) is 36.6 Å². The molecule has 6 heteroatoms. The van der Waals surface area contributed by atoms with Gasteiger partial charge in [-0.2, -0.15) is 14.9 Å². The number of rotatable bonds is 2. The fourth-order valence-corrected chi connectivity index (χ4v) is 3.04. The van der Waals surface area contributed by atoms with Gasteiger partial charge in [-0.15, -0.1) is 0 Å². The summed E-state index contributed by atoms with van der Waals surface area (Å²) in [4.78, 5) is 16.0. The molecule has 0 atom stereocenters. The van der Waals surface area contributed by atoms with Crippen molar-refractivity contribution in [1.82, 2.24) is 14.6 Å². The molecular formula is C17H15ClN4O. The van der Waals surface area contributed by atoms with Crippen LogP contribution in [-0.2, 0) is 0 Å². The first-order chi connectivity index (χ1) is 10.9. The fraction of sp³-hybridized carbons (Fsp3) is 0.235. The Morgan fingerprint density at radius 2 is 2.09 bits per heavy atom. The Morgan fingerprint density at radius 3 is 2.70 bits per heavy atom. The number of aromatic nitrogens is 3. The molecule has 2 heterocycles. The Balaban J connectivity index is 2.45. The van der Waals surface area contributed by atoms with E-state index in [-0.39, 0.29) is 11.5 Å². The summed E-state index contributed by atoms with van der Waals surface area (Å²) in [5.41, 5.74) is 3.63. The number of hydrogen-bond donors (Lipinski definition) is 1. The van der Waals surface area contributed by atoms with Gasteiger partial charge in [-0.3, -0.25) is 4.79 Å². The second-order valence-corrected chi connectivity index (χ2v) is 6.26. The average Bonchev–Trinajstić information content (AvgIpc) is 2.88. The molecule has 3 aromatic rings. The Bertz CT molecular complexity index is 988. The summed E-state index contributed by atoms with van der Waals surface area (Å²) in [7, 11) is 0. The number of H-pyrrole nitrogens is 1. The number of aryl methyl sites for hydroxylation is 1. The van der Waals surface area contributed by atoms with E-state index in [9.17, 15) is 10.1 Å². The standard InChI is InChI=1S/C17H15ClN4O/c1-9(2)14-15(11-4-10(3)5-13(18)6-11)21-16-12(7-19)8-20-22(16)17(14)23/h4-6,8-9,21H,1-3H3. The summed E-state index contributed by atoms with van der Waals surface area (Å²) < 4.78 is 1.24. The lowest BCUT2D eigenvalue weighted by atomic mass is 9.97. The maximum atomic E-state index is 12.8. The van der Waals surface area contributed by atoms with Gasteiger partial charge in [0.2, 0.25) is 0 Å². The van der Waals surface area contributed by atoms with Crippen LogP contribution < -0.4 is 5.56 Å². The summed E-state index contributed by atoms with van der Waals surface area (Å²) >= 11 is 6.17. The van der Waals surface area contributed by atoms with Crippen molar-refractivity contribution in [1.29, 1.82) is 5.26 Å². The Morgan fingerprint density at radius 1 is 1.35 bits per heavy atom. The molecule has 23 heavy (non-hydrogen) atoms. The number of fused-ring (bicyclic) bond motifs is 1. The van der Waals surface area contributed by atoms with E-state index < -0.39 is 0 Å². The average molecular weight is 327 g/mol. The molecule has 0 spiro atoms. The van der Waals surface area contributed by atoms with Gasteiger partial charge in [0.05, 0.1) is 11.9 Å². The third-order valence-corrected chi connectivity index (χ3v) is 3.95. The maximum Gasteiger partial charge on any atom is 0.278 e. The monoisotopic (exact) mass is 326 g/mol. The van der Waals surface area contributed by atoms with Crippen molar-refractivity contribution in [2.45, 2.75) is 26.7 Å². The fourth-order valence-electron chi connectivity index (χ4n) is 2.76. The minimum Gasteiger partial charge on any atom is -0.338 e. The molecule has 0 unspecified atom stereocenters. The Labute approximate surface area is 138 Å². The van der Waals surface area contributed by atoms with Crippen LogP contribution in [0.15, 0.2) is 29.2 Å². The van der Waals surface area contributed by atoms with E-state index in [1.54, 1.807) is 0 Å². The van der Waals surface area contributed by atoms with Crippen LogP contribution in [-0.4, -0.2) is 14.6 Å². The second-order valence-electron chi connectivity index (χ2n) is 5.82. The molecule has 1 aromatic carbocycles. The van der Waals surface area contributed by atoms with Crippen LogP contribution in [0, 0.1) is 18.3 Å². The zero-order chi connectivity index (χ0) is 16.7. The van der Waals surface area contributed by atoms with E-state index in [0.29, 0.717) is 27.5 Å². The van der Waals surface area contributed by atoms with Gasteiger partial charge in [-0.25, -0.2) is 0 Å². The first-order valence-electron chi connectivity index (χ1n) is 7.24. The lowest BCUT2D eigenvalue weighted by Gasteiger charge is -2.14. The first kappa shape index (κ1) is 15.3. The summed E-state index contributed by atoms with van der Waals surface area (Å²) in [6.07, 6.45) is 1.39. The summed E-state index contributed by atoms with van der Waals surface area (Å²) in [5, 5.41) is 13.8. The van der Waals surface area contributed by atoms with Crippen LogP contribution in [0.5, 0.6) is 0 Å². The van der Waals surface area contributed by atoms with Crippen molar-refractivity contribution in [3.05, 3.63) is 56.5 Å². The second kappa shape index (κ2) is 5.56. The van der Waals surface area contributed by atoms with Gasteiger partial charge in [0, 0.05) is 16.1 Å². The van der Waals surface area contributed by atoms with Crippen molar-refractivity contribution in [2.75, 3.05) is 0 Å². The molecular weight excluding hydrogens is 312 g/mol. The third-order valence-electron chi connectivity index (χ3n) is 3.73. The maximum absolute atomic E-state index is 12.8. The van der Waals surface area contributed by atoms with Gasteiger partial charge >= 0.3 is 0 Å². The number of nitrogens with one attached hydrogen (secondary N) is 1. The highest BCUT2D eigenvalue weighted by molar-refractivity contribution is 6.30. The first-order valence-corrected chi connectivity index (χ1v) is 7.61. The van der Waals surface area contributed by atoms with Crippen molar-refractivity contribution in [3.63, 3.8) is 0 Å². The number of hydrogen-bond acceptors (Lipinski definition) is 3. The van der Waals surface area contributed by atoms with Crippen LogP contribution in [0.4, 0.5) is 0 Å². The number of nitrogens with zero attached hydrogens (tertiary/aromatic N) is 3. The minimum atomic E-state index is -0.220. The molecule has 0 aliphatic heterocycles. The van der Waals surface area contributed by atoms with Crippen LogP contribution in [0.2, 0.25) is 5.02 Å². The molecule has 0 aliphatic rings. The number of halogens is 1. The normalized spacial score (nSPS) is 11.1. The molecule has 0 saturated heterocycles. The minimum absolute atomic E-state index is 0.00725.